The summed E-state index contributed by atoms with van der Waals surface area (Å²) in [6.07, 6.45) is -5.31. The molecule has 23 nitrogen and oxygen atoms in total. The minimum atomic E-state index is -1.87. The van der Waals surface area contributed by atoms with E-state index in [2.05, 4.69) is 10.6 Å². The number of methoxy groups -OCH3 is 1. The van der Waals surface area contributed by atoms with Crippen LogP contribution < -0.4 is 16.1 Å². The molecule has 0 amide bonds. The maximum atomic E-state index is 14.6. The normalized spacial score (nSPS) is 36.0. The fourth-order valence-electron chi connectivity index (χ4n) is 12.5. The number of aromatic carboxylic acids is 1. The van der Waals surface area contributed by atoms with Crippen molar-refractivity contribution >= 4 is 46.1 Å². The standard InChI is InChI=1S/C60H98ClN5O18/c1-15-46-60(10,75)52(70)37(6)65(13)31-33(2)28-58(8,74)53(84-57-50(69)45(64(11)12)25-34(3)79-57)35(4)51(36(5)56(73)81-46)83-48-29-59(9,76-14)54(38(7)80-48)82-47(67)30-62-19-16-21-77-23-24-78-22-20-63-43-26-40-44(27-42(43)61)66(39-17-18-39)32-41(49(40)68)55(71)72/h26-27,32-39,45-46,48,50-54,57,62-63,69-70,74-75H,15-25,28-31H2,1-14H3,(H,71,72)/t33-,34-,35+,36-,37-,38+,45+,46-,48+,50-,51+,52-,53-,54+,57+,58-,59-,60-/m1/s1. The Balaban J connectivity index is 1.04. The highest BCUT2D eigenvalue weighted by Gasteiger charge is 2.54. The van der Waals surface area contributed by atoms with E-state index < -0.39 is 113 Å². The molecule has 18 atom stereocenters. The van der Waals surface area contributed by atoms with Gasteiger partial charge in [-0.05, 0) is 133 Å². The van der Waals surface area contributed by atoms with E-state index in [0.717, 1.165) is 12.8 Å². The largest absolute Gasteiger partial charge is 0.477 e. The van der Waals surface area contributed by atoms with E-state index in [1.165, 1.54) is 20.2 Å². The Morgan fingerprint density at radius 2 is 1.60 bits per heavy atom. The molecule has 4 aliphatic rings. The lowest BCUT2D eigenvalue weighted by atomic mass is 9.77. The number of aliphatic hydroxyl groups excluding tert-OH is 2. The van der Waals surface area contributed by atoms with Crippen LogP contribution in [-0.4, -0.2) is 229 Å². The van der Waals surface area contributed by atoms with E-state index in [1.54, 1.807) is 60.6 Å². The van der Waals surface area contributed by atoms with Gasteiger partial charge in [-0.2, -0.15) is 0 Å². The van der Waals surface area contributed by atoms with Crippen molar-refractivity contribution < 1.29 is 82.5 Å². The van der Waals surface area contributed by atoms with E-state index >= 15 is 0 Å². The molecule has 2 aromatic rings. The second-order valence-electron chi connectivity index (χ2n) is 25.0. The van der Waals surface area contributed by atoms with Crippen molar-refractivity contribution in [3.8, 4) is 0 Å². The lowest BCUT2D eigenvalue weighted by Gasteiger charge is -2.49. The van der Waals surface area contributed by atoms with Crippen LogP contribution in [0.4, 0.5) is 5.69 Å². The van der Waals surface area contributed by atoms with Gasteiger partial charge in [0.2, 0.25) is 5.43 Å². The second kappa shape index (κ2) is 30.0. The van der Waals surface area contributed by atoms with Crippen LogP contribution in [0.3, 0.4) is 0 Å². The number of hydrogen-bond donors (Lipinski definition) is 7. The molecule has 3 saturated heterocycles. The molecule has 4 heterocycles. The summed E-state index contributed by atoms with van der Waals surface area (Å²) >= 11 is 6.57. The number of esters is 2. The molecule has 0 spiro atoms. The van der Waals surface area contributed by atoms with Gasteiger partial charge in [0, 0.05) is 68.9 Å². The zero-order chi connectivity index (χ0) is 62.2. The first-order chi connectivity index (χ1) is 39.5. The summed E-state index contributed by atoms with van der Waals surface area (Å²) in [6, 6.07) is 2.51. The number of pyridine rings is 1. The molecule has 1 aromatic carbocycles. The maximum absolute atomic E-state index is 14.6. The number of nitrogens with one attached hydrogen (secondary N) is 2. The van der Waals surface area contributed by atoms with Gasteiger partial charge in [-0.25, -0.2) is 4.79 Å². The van der Waals surface area contributed by atoms with Crippen molar-refractivity contribution in [3.63, 3.8) is 0 Å². The number of carboxylic acids is 1. The van der Waals surface area contributed by atoms with Crippen molar-refractivity contribution in [3.05, 3.63) is 39.1 Å². The van der Waals surface area contributed by atoms with Crippen molar-refractivity contribution in [1.29, 1.82) is 0 Å². The number of aromatic nitrogens is 1. The number of aliphatic hydroxyl groups is 4. The SMILES string of the molecule is CC[C@H]1OC(=O)[C@H](C)[C@@H](O[C@H]2C[C@@](C)(OC)[C@@H](OC(=O)CNCCCOCCOCCNc3cc4c(=O)c(C(=O)O)cn(C5CC5)c4cc3Cl)[C@H](C)O2)[C@H](C)[C@@H](O[C@@H]2O[C@H](C)C[C@H](N(C)C)[C@H]2O)[C@](C)(O)C[C@@H](C)CN(C)[C@H](C)[C@@H](O)[C@]1(C)O. The number of nitrogens with zero attached hydrogens (tertiary/aromatic N) is 3. The number of rotatable bonds is 23. The van der Waals surface area contributed by atoms with Gasteiger partial charge in [0.1, 0.15) is 35.1 Å². The van der Waals surface area contributed by atoms with Gasteiger partial charge in [-0.15, -0.1) is 0 Å². The van der Waals surface area contributed by atoms with Gasteiger partial charge < -0.3 is 93.2 Å². The van der Waals surface area contributed by atoms with Crippen LogP contribution in [0.5, 0.6) is 0 Å². The molecule has 4 fully saturated rings. The average Bonchev–Trinajstić information content (AvgIpc) is 2.07. The lowest BCUT2D eigenvalue weighted by Crippen LogP contribution is -2.61. The summed E-state index contributed by atoms with van der Waals surface area (Å²) in [5.41, 5.74) is -4.40. The Bertz CT molecular complexity index is 2550. The zero-order valence-corrected chi connectivity index (χ0v) is 52.6. The molecule has 7 N–H and O–H groups in total. The molecule has 1 saturated carbocycles. The molecule has 24 heteroatoms. The smallest absolute Gasteiger partial charge is 0.341 e. The highest BCUT2D eigenvalue weighted by atomic mass is 35.5. The molecule has 3 aliphatic heterocycles. The molecule has 0 radical (unpaired) electrons. The third kappa shape index (κ3) is 17.2. The molecule has 478 valence electrons. The number of carbonyl (C=O) groups is 3. The number of carbonyl (C=O) groups excluding carboxylic acids is 2. The summed E-state index contributed by atoms with van der Waals surface area (Å²) < 4.78 is 58.1. The van der Waals surface area contributed by atoms with Crippen LogP contribution in [0.15, 0.2) is 23.1 Å². The van der Waals surface area contributed by atoms with E-state index in [0.29, 0.717) is 75.1 Å². The van der Waals surface area contributed by atoms with Crippen molar-refractivity contribution in [2.45, 2.75) is 211 Å². The fraction of sp³-hybridized carbons (Fsp3) is 0.800. The van der Waals surface area contributed by atoms with E-state index in [4.69, 9.17) is 54.2 Å². The van der Waals surface area contributed by atoms with Crippen LogP contribution in [-0.2, 0) is 52.2 Å². The van der Waals surface area contributed by atoms with Crippen LogP contribution >= 0.6 is 11.6 Å². The molecule has 84 heavy (non-hydrogen) atoms. The Morgan fingerprint density at radius 1 is 0.917 bits per heavy atom. The van der Waals surface area contributed by atoms with Gasteiger partial charge in [-0.3, -0.25) is 14.4 Å². The predicted octanol–water partition coefficient (Wildman–Crippen LogP) is 4.58. The first kappa shape index (κ1) is 69.5. The number of ether oxygens (including phenoxy) is 9. The molecule has 0 bridgehead atoms. The number of hydrogen-bond acceptors (Lipinski definition) is 21. The minimum absolute atomic E-state index is 0.0369. The van der Waals surface area contributed by atoms with Gasteiger partial charge >= 0.3 is 17.9 Å². The Hall–Kier alpha value is -3.63. The first-order valence-corrected chi connectivity index (χ1v) is 30.3. The van der Waals surface area contributed by atoms with Crippen LogP contribution in [0.25, 0.3) is 10.9 Å². The number of anilines is 1. The molecule has 6 rings (SSSR count). The van der Waals surface area contributed by atoms with Crippen molar-refractivity contribution in [1.82, 2.24) is 19.7 Å². The third-order valence-electron chi connectivity index (χ3n) is 17.6. The quantitative estimate of drug-likeness (QED) is 0.0592. The average molecular weight is 1210 g/mol. The fourth-order valence-corrected chi connectivity index (χ4v) is 12.7. The van der Waals surface area contributed by atoms with Crippen molar-refractivity contribution in [2.75, 3.05) is 86.2 Å². The number of fused-ring (bicyclic) bond motifs is 1. The van der Waals surface area contributed by atoms with Gasteiger partial charge in [-0.1, -0.05) is 32.4 Å². The van der Waals surface area contributed by atoms with E-state index in [1.807, 2.05) is 49.4 Å². The first-order valence-electron chi connectivity index (χ1n) is 29.9. The summed E-state index contributed by atoms with van der Waals surface area (Å²) in [7, 11) is 7.07. The maximum Gasteiger partial charge on any atom is 0.341 e. The highest BCUT2D eigenvalue weighted by Crippen LogP contribution is 2.42. The Kier molecular flexibility index (Phi) is 24.9. The second-order valence-corrected chi connectivity index (χ2v) is 25.4. The zero-order valence-electron chi connectivity index (χ0n) is 51.8. The Morgan fingerprint density at radius 3 is 2.23 bits per heavy atom. The third-order valence-corrected chi connectivity index (χ3v) is 17.9. The minimum Gasteiger partial charge on any atom is -0.477 e. The molecular weight excluding hydrogens is 1110 g/mol. The van der Waals surface area contributed by atoms with Crippen molar-refractivity contribution in [2.24, 2.45) is 17.8 Å². The summed E-state index contributed by atoms with van der Waals surface area (Å²) in [4.78, 5) is 56.6. The van der Waals surface area contributed by atoms with E-state index in [9.17, 15) is 44.7 Å². The highest BCUT2D eigenvalue weighted by molar-refractivity contribution is 6.34. The van der Waals surface area contributed by atoms with Gasteiger partial charge in [0.25, 0.3) is 0 Å². The monoisotopic (exact) mass is 1210 g/mol. The number of halogens is 1. The topological polar surface area (TPSA) is 288 Å². The van der Waals surface area contributed by atoms with Gasteiger partial charge in [0.05, 0.1) is 78.5 Å². The summed E-state index contributed by atoms with van der Waals surface area (Å²) in [6.45, 7) is 20.0. The molecule has 1 aromatic heterocycles. The molecule has 0 unspecified atom stereocenters. The summed E-state index contributed by atoms with van der Waals surface area (Å²) in [5, 5.41) is 64.8. The summed E-state index contributed by atoms with van der Waals surface area (Å²) in [5.74, 6) is -4.70. The number of benzene rings is 1. The molecular formula is C60H98ClN5O18. The number of likely N-dealkylation sites (N-methyl/N-ethyl adjacent to an activating group) is 2. The lowest BCUT2D eigenvalue weighted by molar-refractivity contribution is -0.318. The molecule has 1 aliphatic carbocycles. The van der Waals surface area contributed by atoms with Gasteiger partial charge in [0.15, 0.2) is 18.7 Å². The van der Waals surface area contributed by atoms with Crippen LogP contribution in [0.2, 0.25) is 5.02 Å². The predicted molar refractivity (Wildman–Crippen MR) is 314 cm³/mol. The van der Waals surface area contributed by atoms with E-state index in [-0.39, 0.29) is 60.9 Å². The number of cyclic esters (lactones) is 1. The Labute approximate surface area is 500 Å². The number of carboxylic acid groups (broad SMARTS) is 1. The van der Waals surface area contributed by atoms with Crippen LogP contribution in [0, 0.1) is 17.8 Å². The van der Waals surface area contributed by atoms with Crippen LogP contribution in [0.1, 0.15) is 131 Å².